The van der Waals surface area contributed by atoms with Crippen molar-refractivity contribution in [2.24, 2.45) is 0 Å². The number of hydrogen-bond donors (Lipinski definition) is 1. The maximum atomic E-state index is 12.8. The van der Waals surface area contributed by atoms with Crippen LogP contribution in [0.2, 0.25) is 10.0 Å². The maximum Gasteiger partial charge on any atom is 0.263 e. The lowest BCUT2D eigenvalue weighted by Crippen LogP contribution is -2.23. The number of ether oxygens (including phenoxy) is 1. The van der Waals surface area contributed by atoms with Crippen LogP contribution >= 0.6 is 46.4 Å². The summed E-state index contributed by atoms with van der Waals surface area (Å²) in [4.78, 5) is 4.26. The molecule has 0 amide bonds. The zero-order chi connectivity index (χ0) is 24.2. The normalized spacial score (nSPS) is 14.1. The summed E-state index contributed by atoms with van der Waals surface area (Å²) < 4.78 is 34.1. The highest BCUT2D eigenvalue weighted by molar-refractivity contribution is 7.89. The zero-order valence-corrected chi connectivity index (χ0v) is 21.5. The van der Waals surface area contributed by atoms with Gasteiger partial charge in [0.15, 0.2) is 0 Å². The van der Waals surface area contributed by atoms with E-state index >= 15 is 0 Å². The summed E-state index contributed by atoms with van der Waals surface area (Å²) in [5.74, 6) is 0.708. The number of allylic oxidation sites excluding steroid dienone is 4. The molecule has 0 radical (unpaired) electrons. The zero-order valence-electron chi connectivity index (χ0n) is 17.7. The van der Waals surface area contributed by atoms with Crippen molar-refractivity contribution in [1.82, 2.24) is 9.71 Å². The lowest BCUT2D eigenvalue weighted by Gasteiger charge is -2.15. The van der Waals surface area contributed by atoms with Crippen LogP contribution in [0, 0.1) is 0 Å². The third-order valence-corrected chi connectivity index (χ3v) is 7.14. The molecule has 0 saturated carbocycles. The van der Waals surface area contributed by atoms with Gasteiger partial charge in [-0.3, -0.25) is 9.71 Å². The van der Waals surface area contributed by atoms with Crippen LogP contribution in [0.5, 0.6) is 5.75 Å². The lowest BCUT2D eigenvalue weighted by atomic mass is 10.2. The van der Waals surface area contributed by atoms with E-state index in [-0.39, 0.29) is 20.7 Å². The minimum atomic E-state index is -3.97. The van der Waals surface area contributed by atoms with Crippen LogP contribution in [-0.2, 0) is 10.0 Å². The van der Waals surface area contributed by atoms with Crippen LogP contribution in [0.4, 0.5) is 0 Å². The highest BCUT2D eigenvalue weighted by Gasteiger charge is 2.20. The van der Waals surface area contributed by atoms with Gasteiger partial charge in [-0.2, -0.15) is 0 Å². The highest BCUT2D eigenvalue weighted by Crippen LogP contribution is 2.28. The molecular weight excluding hydrogens is 526 g/mol. The van der Waals surface area contributed by atoms with Crippen molar-refractivity contribution in [1.29, 1.82) is 0 Å². The number of nitrogens with zero attached hydrogens (tertiary/aromatic N) is 1. The number of sulfonamides is 1. The Morgan fingerprint density at radius 3 is 2.58 bits per heavy atom. The van der Waals surface area contributed by atoms with E-state index in [1.165, 1.54) is 24.3 Å². The fourth-order valence-corrected chi connectivity index (χ4v) is 5.39. The third kappa shape index (κ3) is 6.55. The van der Waals surface area contributed by atoms with Gasteiger partial charge in [-0.15, -0.1) is 11.6 Å². The largest absolute Gasteiger partial charge is 0.457 e. The molecule has 0 saturated heterocycles. The van der Waals surface area contributed by atoms with Crippen LogP contribution in [-0.4, -0.2) is 18.8 Å². The van der Waals surface area contributed by atoms with Crippen molar-refractivity contribution in [3.05, 3.63) is 87.3 Å². The summed E-state index contributed by atoms with van der Waals surface area (Å²) in [5.41, 5.74) is 1.14. The van der Waals surface area contributed by atoms with Crippen LogP contribution in [0.1, 0.15) is 20.3 Å². The van der Waals surface area contributed by atoms with Gasteiger partial charge in [-0.25, -0.2) is 8.42 Å². The first-order valence-corrected chi connectivity index (χ1v) is 12.9. The number of fused-ring (bicyclic) bond motifs is 1. The van der Waals surface area contributed by atoms with Crippen molar-refractivity contribution in [3.8, 4) is 5.75 Å². The Morgan fingerprint density at radius 1 is 1.18 bits per heavy atom. The van der Waals surface area contributed by atoms with E-state index in [4.69, 9.17) is 51.1 Å². The molecule has 10 heteroatoms. The summed E-state index contributed by atoms with van der Waals surface area (Å²) in [6.07, 6.45) is 3.37. The molecule has 174 valence electrons. The van der Waals surface area contributed by atoms with Gasteiger partial charge >= 0.3 is 0 Å². The van der Waals surface area contributed by atoms with Gasteiger partial charge in [0.2, 0.25) is 0 Å². The molecule has 1 atom stereocenters. The number of nitrogens with one attached hydrogen (secondary N) is 1. The van der Waals surface area contributed by atoms with E-state index in [9.17, 15) is 8.42 Å². The second-order valence-electron chi connectivity index (χ2n) is 7.00. The van der Waals surface area contributed by atoms with Gasteiger partial charge in [0.1, 0.15) is 16.4 Å². The number of alkyl halides is 1. The molecule has 5 nitrogen and oxygen atoms in total. The van der Waals surface area contributed by atoms with Crippen LogP contribution in [0.25, 0.3) is 10.9 Å². The van der Waals surface area contributed by atoms with Gasteiger partial charge in [-0.05, 0) is 49.8 Å². The van der Waals surface area contributed by atoms with E-state index in [0.717, 1.165) is 10.9 Å². The Kier molecular flexibility index (Phi) is 8.54. The van der Waals surface area contributed by atoms with E-state index in [0.29, 0.717) is 22.9 Å². The molecule has 3 aromatic rings. The first-order valence-electron chi connectivity index (χ1n) is 9.85. The van der Waals surface area contributed by atoms with Crippen LogP contribution < -0.4 is 9.46 Å². The van der Waals surface area contributed by atoms with E-state index in [1.54, 1.807) is 20.0 Å². The SMILES string of the molecule is CC/C(=C\C(Cl)=C(\Oc1cnc2ccccc2c1)C(C)Cl)NS(=O)(=O)c1ccc(Cl)cc1Cl. The molecule has 3 rings (SSSR count). The second-order valence-corrected chi connectivity index (χ2v) is 10.6. The monoisotopic (exact) mass is 544 g/mol. The number of hydrogen-bond acceptors (Lipinski definition) is 4. The van der Waals surface area contributed by atoms with Crippen molar-refractivity contribution < 1.29 is 13.2 Å². The maximum absolute atomic E-state index is 12.8. The molecule has 0 aliphatic carbocycles. The van der Waals surface area contributed by atoms with Crippen LogP contribution in [0.3, 0.4) is 0 Å². The van der Waals surface area contributed by atoms with Crippen molar-refractivity contribution in [2.75, 3.05) is 0 Å². The fraction of sp³-hybridized carbons (Fsp3) is 0.174. The second kappa shape index (κ2) is 11.0. The summed E-state index contributed by atoms with van der Waals surface area (Å²) >= 11 is 24.8. The predicted molar refractivity (Wildman–Crippen MR) is 136 cm³/mol. The number of pyridine rings is 1. The van der Waals surface area contributed by atoms with Gasteiger partial charge in [0.05, 0.1) is 27.1 Å². The molecular formula is C23H20Cl4N2O3S. The lowest BCUT2D eigenvalue weighted by molar-refractivity contribution is 0.409. The Bertz CT molecular complexity index is 1340. The first-order chi connectivity index (χ1) is 15.6. The molecule has 1 aromatic heterocycles. The summed E-state index contributed by atoms with van der Waals surface area (Å²) in [6, 6.07) is 13.6. The smallest absolute Gasteiger partial charge is 0.263 e. The predicted octanol–water partition coefficient (Wildman–Crippen LogP) is 7.27. The van der Waals surface area contributed by atoms with E-state index < -0.39 is 15.4 Å². The molecule has 1 N–H and O–H groups in total. The Hall–Kier alpha value is -1.96. The van der Waals surface area contributed by atoms with Gasteiger partial charge in [0, 0.05) is 16.1 Å². The molecule has 33 heavy (non-hydrogen) atoms. The number of para-hydroxylation sites is 1. The number of benzene rings is 2. The molecule has 0 spiro atoms. The standard InChI is InChI=1S/C23H20Cl4N2O3S/c1-3-17(29-33(30,31)22-9-8-16(25)11-19(22)26)12-20(27)23(14(2)24)32-18-10-15-6-4-5-7-21(15)28-13-18/h4-14,29H,3H2,1-2H3/b17-12+,23-20-. The molecule has 2 aromatic carbocycles. The topological polar surface area (TPSA) is 68.3 Å². The molecule has 0 bridgehead atoms. The number of halogens is 4. The van der Waals surface area contributed by atoms with Crippen molar-refractivity contribution >= 4 is 67.3 Å². The Balaban J connectivity index is 1.92. The summed E-state index contributed by atoms with van der Waals surface area (Å²) in [5, 5.41) is 0.782. The Labute approximate surface area is 213 Å². The quantitative estimate of drug-likeness (QED) is 0.183. The summed E-state index contributed by atoms with van der Waals surface area (Å²) in [7, 11) is -3.97. The Morgan fingerprint density at radius 2 is 1.91 bits per heavy atom. The molecule has 0 aliphatic heterocycles. The van der Waals surface area contributed by atoms with Gasteiger partial charge in [-0.1, -0.05) is 59.9 Å². The molecule has 1 heterocycles. The van der Waals surface area contributed by atoms with E-state index in [1.807, 2.05) is 30.3 Å². The van der Waals surface area contributed by atoms with Gasteiger partial charge < -0.3 is 4.74 Å². The first kappa shape index (κ1) is 25.7. The van der Waals surface area contributed by atoms with Crippen LogP contribution in [0.15, 0.2) is 82.2 Å². The molecule has 0 aliphatic rings. The molecule has 1 unspecified atom stereocenters. The third-order valence-electron chi connectivity index (χ3n) is 4.52. The average molecular weight is 546 g/mol. The molecule has 0 fully saturated rings. The highest BCUT2D eigenvalue weighted by atomic mass is 35.5. The number of aromatic nitrogens is 1. The van der Waals surface area contributed by atoms with E-state index in [2.05, 4.69) is 9.71 Å². The van der Waals surface area contributed by atoms with Gasteiger partial charge in [0.25, 0.3) is 10.0 Å². The summed E-state index contributed by atoms with van der Waals surface area (Å²) in [6.45, 7) is 3.48. The number of rotatable bonds is 8. The minimum Gasteiger partial charge on any atom is -0.457 e. The minimum absolute atomic E-state index is 0.00861. The fourth-order valence-electron chi connectivity index (χ4n) is 2.90. The van der Waals surface area contributed by atoms with Crippen molar-refractivity contribution in [3.63, 3.8) is 0 Å². The average Bonchev–Trinajstić information content (AvgIpc) is 2.76. The van der Waals surface area contributed by atoms with Crippen molar-refractivity contribution in [2.45, 2.75) is 30.5 Å².